The van der Waals surface area contributed by atoms with E-state index in [1.165, 1.54) is 6.20 Å². The molecule has 0 atom stereocenters. The van der Waals surface area contributed by atoms with Crippen LogP contribution >= 0.6 is 0 Å². The van der Waals surface area contributed by atoms with Crippen molar-refractivity contribution in [3.05, 3.63) is 39.3 Å². The minimum atomic E-state index is -0.404. The first-order valence-corrected chi connectivity index (χ1v) is 8.39. The van der Waals surface area contributed by atoms with Crippen molar-refractivity contribution in [2.75, 3.05) is 19.6 Å². The fourth-order valence-corrected chi connectivity index (χ4v) is 3.70. The van der Waals surface area contributed by atoms with Crippen LogP contribution in [-0.2, 0) is 0 Å². The lowest BCUT2D eigenvalue weighted by Crippen LogP contribution is -2.40. The number of aromatic nitrogens is 4. The van der Waals surface area contributed by atoms with Gasteiger partial charge < -0.3 is 9.88 Å². The van der Waals surface area contributed by atoms with Gasteiger partial charge in [-0.3, -0.25) is 14.3 Å². The van der Waals surface area contributed by atoms with Crippen LogP contribution in [0, 0.1) is 11.3 Å². The molecule has 1 aliphatic rings. The van der Waals surface area contributed by atoms with Crippen molar-refractivity contribution >= 4 is 21.9 Å². The Morgan fingerprint density at radius 1 is 1.28 bits per heavy atom. The molecule has 128 valence electrons. The molecule has 3 aromatic heterocycles. The van der Waals surface area contributed by atoms with E-state index in [2.05, 4.69) is 25.9 Å². The summed E-state index contributed by atoms with van der Waals surface area (Å²) in [5.74, 6) is 0. The van der Waals surface area contributed by atoms with Crippen LogP contribution in [0.1, 0.15) is 25.3 Å². The molecule has 0 aromatic carbocycles. The number of H-pyrrole nitrogens is 2. The van der Waals surface area contributed by atoms with E-state index in [9.17, 15) is 9.59 Å². The largest absolute Gasteiger partial charge is 0.346 e. The van der Waals surface area contributed by atoms with Gasteiger partial charge in [0.05, 0.1) is 17.0 Å². The van der Waals surface area contributed by atoms with Crippen molar-refractivity contribution in [3.8, 4) is 6.07 Å². The molecule has 0 unspecified atom stereocenters. The number of nitrogens with one attached hydrogen (secondary N) is 2. The summed E-state index contributed by atoms with van der Waals surface area (Å²) in [5, 5.41) is 9.94. The van der Waals surface area contributed by atoms with Crippen molar-refractivity contribution in [1.82, 2.24) is 24.4 Å². The predicted octanol–water partition coefficient (Wildman–Crippen LogP) is 1.12. The van der Waals surface area contributed by atoms with E-state index in [1.807, 2.05) is 6.07 Å². The highest BCUT2D eigenvalue weighted by atomic mass is 16.2. The summed E-state index contributed by atoms with van der Waals surface area (Å²) in [6, 6.07) is 4.04. The molecule has 0 saturated carbocycles. The molecule has 8 nitrogen and oxygen atoms in total. The van der Waals surface area contributed by atoms with Crippen molar-refractivity contribution in [1.29, 1.82) is 5.26 Å². The maximum atomic E-state index is 12.6. The summed E-state index contributed by atoms with van der Waals surface area (Å²) < 4.78 is 1.72. The van der Waals surface area contributed by atoms with Gasteiger partial charge in [0.1, 0.15) is 5.65 Å². The Bertz CT molecular complexity index is 1080. The van der Waals surface area contributed by atoms with Gasteiger partial charge in [-0.1, -0.05) is 0 Å². The minimum Gasteiger partial charge on any atom is -0.346 e. The average molecular weight is 338 g/mol. The van der Waals surface area contributed by atoms with Crippen LogP contribution in [0.25, 0.3) is 21.9 Å². The van der Waals surface area contributed by atoms with Crippen LogP contribution < -0.4 is 11.2 Å². The highest BCUT2D eigenvalue weighted by molar-refractivity contribution is 6.01. The number of rotatable bonds is 3. The van der Waals surface area contributed by atoms with Crippen LogP contribution in [0.3, 0.4) is 0 Å². The topological polar surface area (TPSA) is 111 Å². The lowest BCUT2D eigenvalue weighted by Gasteiger charge is -2.32. The normalized spacial score (nSPS) is 16.4. The molecule has 1 saturated heterocycles. The van der Waals surface area contributed by atoms with Gasteiger partial charge in [0.2, 0.25) is 0 Å². The molecule has 0 aliphatic carbocycles. The Hall–Kier alpha value is -2.92. The van der Waals surface area contributed by atoms with E-state index in [1.54, 1.807) is 10.8 Å². The van der Waals surface area contributed by atoms with Gasteiger partial charge in [-0.2, -0.15) is 5.26 Å². The molecule has 4 heterocycles. The van der Waals surface area contributed by atoms with E-state index in [0.717, 1.165) is 37.9 Å². The van der Waals surface area contributed by atoms with Gasteiger partial charge in [-0.05, 0) is 18.9 Å². The van der Waals surface area contributed by atoms with Crippen molar-refractivity contribution in [2.24, 2.45) is 0 Å². The first-order valence-electron chi connectivity index (χ1n) is 8.39. The van der Waals surface area contributed by atoms with Crippen LogP contribution in [0.2, 0.25) is 0 Å². The summed E-state index contributed by atoms with van der Waals surface area (Å²) in [6.45, 7) is 2.43. The Morgan fingerprint density at radius 2 is 2.08 bits per heavy atom. The highest BCUT2D eigenvalue weighted by Gasteiger charge is 2.24. The van der Waals surface area contributed by atoms with E-state index in [-0.39, 0.29) is 11.7 Å². The van der Waals surface area contributed by atoms with Crippen molar-refractivity contribution < 1.29 is 0 Å². The number of likely N-dealkylation sites (tertiary alicyclic amines) is 1. The quantitative estimate of drug-likeness (QED) is 0.743. The third kappa shape index (κ3) is 2.62. The summed E-state index contributed by atoms with van der Waals surface area (Å²) in [5.41, 5.74) is 0.535. The van der Waals surface area contributed by atoms with Gasteiger partial charge in [0.25, 0.3) is 5.56 Å². The number of pyridine rings is 1. The molecule has 0 radical (unpaired) electrons. The fraction of sp³-hybridized carbons (Fsp3) is 0.412. The van der Waals surface area contributed by atoms with Gasteiger partial charge >= 0.3 is 5.69 Å². The number of hydrogen-bond donors (Lipinski definition) is 2. The second-order valence-electron chi connectivity index (χ2n) is 6.37. The number of piperidine rings is 1. The Balaban J connectivity index is 1.80. The lowest BCUT2D eigenvalue weighted by atomic mass is 10.0. The minimum absolute atomic E-state index is 0.0192. The zero-order valence-corrected chi connectivity index (χ0v) is 13.7. The number of aromatic amines is 2. The molecule has 2 N–H and O–H groups in total. The highest BCUT2D eigenvalue weighted by Crippen LogP contribution is 2.27. The van der Waals surface area contributed by atoms with Crippen molar-refractivity contribution in [3.63, 3.8) is 0 Å². The average Bonchev–Trinajstić information content (AvgIpc) is 3.10. The molecular weight excluding hydrogens is 320 g/mol. The molecule has 0 bridgehead atoms. The van der Waals surface area contributed by atoms with Crippen LogP contribution in [0.4, 0.5) is 0 Å². The maximum Gasteiger partial charge on any atom is 0.329 e. The molecule has 25 heavy (non-hydrogen) atoms. The third-order valence-corrected chi connectivity index (χ3v) is 4.95. The van der Waals surface area contributed by atoms with Gasteiger partial charge in [0.15, 0.2) is 0 Å². The summed E-state index contributed by atoms with van der Waals surface area (Å²) in [7, 11) is 0. The molecule has 0 amide bonds. The molecule has 8 heteroatoms. The number of fused-ring (bicyclic) bond motifs is 3. The summed E-state index contributed by atoms with van der Waals surface area (Å²) in [6.07, 6.45) is 5.41. The first kappa shape index (κ1) is 15.6. The second-order valence-corrected chi connectivity index (χ2v) is 6.37. The van der Waals surface area contributed by atoms with Crippen molar-refractivity contribution in [2.45, 2.75) is 25.3 Å². The zero-order valence-electron chi connectivity index (χ0n) is 13.7. The monoisotopic (exact) mass is 338 g/mol. The van der Waals surface area contributed by atoms with Crippen LogP contribution in [0.5, 0.6) is 0 Å². The second kappa shape index (κ2) is 6.18. The van der Waals surface area contributed by atoms with Crippen LogP contribution in [0.15, 0.2) is 28.0 Å². The zero-order chi connectivity index (χ0) is 17.4. The summed E-state index contributed by atoms with van der Waals surface area (Å²) >= 11 is 0. The molecule has 4 rings (SSSR count). The standard InChI is InChI=1S/C17H18N6O2/c18-5-1-7-22-8-3-11(4-9-22)23-14-12-2-6-19-15(12)20-10-13(14)16(24)21-17(23)25/h2,6,10-11H,1,3-4,7-9H2,(H,19,20)(H,21,24,25). The fourth-order valence-electron chi connectivity index (χ4n) is 3.70. The number of hydrogen-bond acceptors (Lipinski definition) is 5. The van der Waals surface area contributed by atoms with E-state index >= 15 is 0 Å². The smallest absolute Gasteiger partial charge is 0.329 e. The third-order valence-electron chi connectivity index (χ3n) is 4.95. The number of nitrogens with zero attached hydrogens (tertiary/aromatic N) is 4. The molecule has 1 aliphatic heterocycles. The predicted molar refractivity (Wildman–Crippen MR) is 93.4 cm³/mol. The maximum absolute atomic E-state index is 12.6. The van der Waals surface area contributed by atoms with Gasteiger partial charge in [0, 0.05) is 49.9 Å². The van der Waals surface area contributed by atoms with E-state index < -0.39 is 5.56 Å². The summed E-state index contributed by atoms with van der Waals surface area (Å²) in [4.78, 5) is 36.8. The Labute approximate surface area is 142 Å². The van der Waals surface area contributed by atoms with Crippen LogP contribution in [-0.4, -0.2) is 44.1 Å². The number of nitriles is 1. The first-order chi connectivity index (χ1) is 12.2. The molecule has 3 aromatic rings. The lowest BCUT2D eigenvalue weighted by molar-refractivity contribution is 0.189. The van der Waals surface area contributed by atoms with Gasteiger partial charge in [-0.15, -0.1) is 0 Å². The van der Waals surface area contributed by atoms with E-state index in [4.69, 9.17) is 5.26 Å². The Morgan fingerprint density at radius 3 is 2.84 bits per heavy atom. The Kier molecular flexibility index (Phi) is 3.86. The molecular formula is C17H18N6O2. The van der Waals surface area contributed by atoms with E-state index in [0.29, 0.717) is 23.0 Å². The van der Waals surface area contributed by atoms with Gasteiger partial charge in [-0.25, -0.2) is 9.78 Å². The molecule has 1 fully saturated rings. The molecule has 0 spiro atoms. The SMILES string of the molecule is N#CCCN1CCC(n2c(=O)[nH]c(=O)c3cnc4[nH]ccc4c32)CC1.